The summed E-state index contributed by atoms with van der Waals surface area (Å²) in [6, 6.07) is 13.4. The average molecular weight is 418 g/mol. The summed E-state index contributed by atoms with van der Waals surface area (Å²) in [5, 5.41) is 0. The van der Waals surface area contributed by atoms with Crippen molar-refractivity contribution in [3.05, 3.63) is 52.9 Å². The van der Waals surface area contributed by atoms with Crippen LogP contribution in [0.1, 0.15) is 12.5 Å². The van der Waals surface area contributed by atoms with Crippen LogP contribution >= 0.6 is 35.7 Å². The summed E-state index contributed by atoms with van der Waals surface area (Å²) in [6.07, 6.45) is 3.83. The number of thiocarbonyl (C=S) groups is 1. The van der Waals surface area contributed by atoms with Crippen molar-refractivity contribution in [1.29, 1.82) is 0 Å². The maximum Gasteiger partial charge on any atom is 0.270 e. The van der Waals surface area contributed by atoms with Gasteiger partial charge in [0.2, 0.25) is 0 Å². The second kappa shape index (κ2) is 8.82. The van der Waals surface area contributed by atoms with E-state index >= 15 is 0 Å². The second-order valence-corrected chi connectivity index (χ2v) is 8.12. The Balaban J connectivity index is 1.90. The molecule has 0 radical (unpaired) electrons. The lowest BCUT2D eigenvalue weighted by Crippen LogP contribution is -2.27. The highest BCUT2D eigenvalue weighted by atomic mass is 32.2. The first-order valence-electron chi connectivity index (χ1n) is 8.30. The van der Waals surface area contributed by atoms with Crippen molar-refractivity contribution in [3.8, 4) is 11.5 Å². The Morgan fingerprint density at radius 2 is 2.04 bits per heavy atom. The zero-order chi connectivity index (χ0) is 19.4. The van der Waals surface area contributed by atoms with Crippen LogP contribution in [0.4, 0.5) is 5.69 Å². The number of thioether (sulfide) groups is 2. The van der Waals surface area contributed by atoms with Crippen LogP contribution < -0.4 is 14.4 Å². The topological polar surface area (TPSA) is 38.8 Å². The van der Waals surface area contributed by atoms with Crippen LogP contribution in [-0.2, 0) is 4.79 Å². The van der Waals surface area contributed by atoms with Crippen molar-refractivity contribution in [1.82, 2.24) is 0 Å². The number of anilines is 1. The fourth-order valence-corrected chi connectivity index (χ4v) is 4.39. The predicted octanol–water partition coefficient (Wildman–Crippen LogP) is 5.22. The van der Waals surface area contributed by atoms with Gasteiger partial charge in [0, 0.05) is 4.90 Å². The van der Waals surface area contributed by atoms with Crippen molar-refractivity contribution in [2.24, 2.45) is 0 Å². The zero-order valence-corrected chi connectivity index (χ0v) is 17.7. The maximum absolute atomic E-state index is 12.9. The van der Waals surface area contributed by atoms with Crippen molar-refractivity contribution in [2.75, 3.05) is 24.9 Å². The molecule has 4 nitrogen and oxygen atoms in total. The monoisotopic (exact) mass is 417 g/mol. The molecule has 0 aliphatic carbocycles. The highest BCUT2D eigenvalue weighted by Gasteiger charge is 2.33. The SMILES string of the molecule is CCOc1ccc(/C=C2/SC(=S)N(c3cccc(SC)c3)C2=O)cc1OC. The van der Waals surface area contributed by atoms with Crippen LogP contribution in [-0.4, -0.2) is 30.2 Å². The van der Waals surface area contributed by atoms with Gasteiger partial charge < -0.3 is 9.47 Å². The van der Waals surface area contributed by atoms with Crippen molar-refractivity contribution >= 4 is 57.7 Å². The minimum absolute atomic E-state index is 0.115. The molecule has 1 aliphatic heterocycles. The van der Waals surface area contributed by atoms with Crippen LogP contribution in [0.5, 0.6) is 11.5 Å². The molecular formula is C20H19NO3S3. The first kappa shape index (κ1) is 19.8. The number of amides is 1. The summed E-state index contributed by atoms with van der Waals surface area (Å²) >= 11 is 8.38. The molecule has 2 aromatic carbocycles. The summed E-state index contributed by atoms with van der Waals surface area (Å²) in [5.41, 5.74) is 1.64. The number of carbonyl (C=O) groups excluding carboxylic acids is 1. The molecule has 0 unspecified atom stereocenters. The summed E-state index contributed by atoms with van der Waals surface area (Å²) in [4.78, 5) is 16.2. The van der Waals surface area contributed by atoms with E-state index in [0.717, 1.165) is 16.1 Å². The Hall–Kier alpha value is -1.96. The Labute approximate surface area is 172 Å². The van der Waals surface area contributed by atoms with E-state index < -0.39 is 0 Å². The van der Waals surface area contributed by atoms with Crippen LogP contribution in [0.3, 0.4) is 0 Å². The van der Waals surface area contributed by atoms with E-state index in [1.807, 2.05) is 61.7 Å². The number of methoxy groups -OCH3 is 1. The van der Waals surface area contributed by atoms with Crippen molar-refractivity contribution < 1.29 is 14.3 Å². The third kappa shape index (κ3) is 4.31. The Kier molecular flexibility index (Phi) is 6.46. The fourth-order valence-electron chi connectivity index (χ4n) is 2.64. The molecule has 0 aromatic heterocycles. The Bertz CT molecular complexity index is 911. The summed E-state index contributed by atoms with van der Waals surface area (Å²) in [7, 11) is 1.60. The normalized spacial score (nSPS) is 15.5. The van der Waals surface area contributed by atoms with Gasteiger partial charge in [-0.1, -0.05) is 36.1 Å². The average Bonchev–Trinajstić information content (AvgIpc) is 2.96. The molecule has 0 bridgehead atoms. The molecular weight excluding hydrogens is 398 g/mol. The first-order chi connectivity index (χ1) is 13.1. The fraction of sp³-hybridized carbons (Fsp3) is 0.200. The second-order valence-electron chi connectivity index (χ2n) is 5.56. The van der Waals surface area contributed by atoms with Gasteiger partial charge in [-0.05, 0) is 55.2 Å². The number of benzene rings is 2. The van der Waals surface area contributed by atoms with E-state index in [0.29, 0.717) is 27.3 Å². The largest absolute Gasteiger partial charge is 0.493 e. The standard InChI is InChI=1S/C20H19NO3S3/c1-4-24-16-9-8-13(10-17(16)23-2)11-18-19(22)21(20(25)27-18)14-6-5-7-15(12-14)26-3/h5-12H,4H2,1-3H3/b18-11+. The molecule has 1 aliphatic rings. The van der Waals surface area contributed by atoms with Gasteiger partial charge in [-0.15, -0.1) is 11.8 Å². The molecule has 140 valence electrons. The summed E-state index contributed by atoms with van der Waals surface area (Å²) in [6.45, 7) is 2.48. The van der Waals surface area contributed by atoms with Gasteiger partial charge in [-0.25, -0.2) is 0 Å². The Morgan fingerprint density at radius 3 is 2.74 bits per heavy atom. The van der Waals surface area contributed by atoms with E-state index in [2.05, 4.69) is 0 Å². The molecule has 1 fully saturated rings. The van der Waals surface area contributed by atoms with Crippen molar-refractivity contribution in [3.63, 3.8) is 0 Å². The van der Waals surface area contributed by atoms with Crippen LogP contribution in [0.15, 0.2) is 52.3 Å². The maximum atomic E-state index is 12.9. The number of hydrogen-bond acceptors (Lipinski definition) is 6. The molecule has 27 heavy (non-hydrogen) atoms. The van der Waals surface area contributed by atoms with Crippen LogP contribution in [0.2, 0.25) is 0 Å². The van der Waals surface area contributed by atoms with Crippen LogP contribution in [0, 0.1) is 0 Å². The zero-order valence-electron chi connectivity index (χ0n) is 15.2. The van der Waals surface area contributed by atoms with E-state index in [-0.39, 0.29) is 5.91 Å². The first-order valence-corrected chi connectivity index (χ1v) is 10.7. The molecule has 1 amide bonds. The molecule has 7 heteroatoms. The molecule has 0 spiro atoms. The third-order valence-electron chi connectivity index (χ3n) is 3.89. The number of carbonyl (C=O) groups is 1. The molecule has 0 atom stereocenters. The molecule has 1 saturated heterocycles. The smallest absolute Gasteiger partial charge is 0.270 e. The molecule has 2 aromatic rings. The van der Waals surface area contributed by atoms with Gasteiger partial charge in [0.1, 0.15) is 0 Å². The minimum atomic E-state index is -0.115. The molecule has 0 saturated carbocycles. The molecule has 0 N–H and O–H groups in total. The number of hydrogen-bond donors (Lipinski definition) is 0. The quantitative estimate of drug-likeness (QED) is 0.364. The van der Waals surface area contributed by atoms with Gasteiger partial charge in [-0.3, -0.25) is 9.69 Å². The predicted molar refractivity (Wildman–Crippen MR) is 118 cm³/mol. The third-order valence-corrected chi connectivity index (χ3v) is 5.92. The number of nitrogens with zero attached hydrogens (tertiary/aromatic N) is 1. The lowest BCUT2D eigenvalue weighted by atomic mass is 10.2. The summed E-state index contributed by atoms with van der Waals surface area (Å²) in [5.74, 6) is 1.20. The highest BCUT2D eigenvalue weighted by Crippen LogP contribution is 2.38. The number of ether oxygens (including phenoxy) is 2. The van der Waals surface area contributed by atoms with Gasteiger partial charge in [0.15, 0.2) is 15.8 Å². The lowest BCUT2D eigenvalue weighted by Gasteiger charge is -2.15. The van der Waals surface area contributed by atoms with E-state index in [4.69, 9.17) is 21.7 Å². The highest BCUT2D eigenvalue weighted by molar-refractivity contribution is 8.27. The summed E-state index contributed by atoms with van der Waals surface area (Å²) < 4.78 is 11.5. The molecule has 1 heterocycles. The lowest BCUT2D eigenvalue weighted by molar-refractivity contribution is -0.113. The van der Waals surface area contributed by atoms with E-state index in [1.165, 1.54) is 11.8 Å². The van der Waals surface area contributed by atoms with E-state index in [1.54, 1.807) is 23.8 Å². The number of rotatable bonds is 6. The minimum Gasteiger partial charge on any atom is -0.493 e. The van der Waals surface area contributed by atoms with Crippen LogP contribution in [0.25, 0.3) is 6.08 Å². The van der Waals surface area contributed by atoms with Gasteiger partial charge in [0.25, 0.3) is 5.91 Å². The van der Waals surface area contributed by atoms with Gasteiger partial charge >= 0.3 is 0 Å². The van der Waals surface area contributed by atoms with Crippen molar-refractivity contribution in [2.45, 2.75) is 11.8 Å². The van der Waals surface area contributed by atoms with Gasteiger partial charge in [-0.2, -0.15) is 0 Å². The van der Waals surface area contributed by atoms with Gasteiger partial charge in [0.05, 0.1) is 24.3 Å². The Morgan fingerprint density at radius 1 is 1.22 bits per heavy atom. The van der Waals surface area contributed by atoms with E-state index in [9.17, 15) is 4.79 Å². The molecule has 3 rings (SSSR count).